The number of ether oxygens (including phenoxy) is 1. The average molecular weight is 350 g/mol. The van der Waals surface area contributed by atoms with Gasteiger partial charge in [0.05, 0.1) is 18.2 Å². The Hall–Kier alpha value is -2.05. The van der Waals surface area contributed by atoms with Gasteiger partial charge in [-0.2, -0.15) is 0 Å². The van der Waals surface area contributed by atoms with Crippen LogP contribution in [0.1, 0.15) is 13.8 Å². The molecule has 1 saturated heterocycles. The molecule has 1 amide bonds. The van der Waals surface area contributed by atoms with Crippen LogP contribution < -0.4 is 4.90 Å². The van der Waals surface area contributed by atoms with Crippen molar-refractivity contribution in [2.45, 2.75) is 25.6 Å². The first-order chi connectivity index (χ1) is 11.3. The number of likely N-dealkylation sites (N-methyl/N-ethyl adjacent to an activating group) is 1. The van der Waals surface area contributed by atoms with E-state index in [-0.39, 0.29) is 6.04 Å². The average Bonchev–Trinajstić information content (AvgIpc) is 2.80. The highest BCUT2D eigenvalue weighted by atomic mass is 35.5. The summed E-state index contributed by atoms with van der Waals surface area (Å²) in [6, 6.07) is 7.26. The summed E-state index contributed by atoms with van der Waals surface area (Å²) in [6.07, 6.45) is 0.761. The number of hydrogen-bond acceptors (Lipinski definition) is 4. The Morgan fingerprint density at radius 3 is 2.96 bits per heavy atom. The Balaban J connectivity index is 1.88. The van der Waals surface area contributed by atoms with Crippen molar-refractivity contribution in [3.05, 3.63) is 35.5 Å². The number of fused-ring (bicyclic) bond motifs is 1. The molecule has 1 N–H and O–H groups in total. The molecule has 1 atom stereocenters. The summed E-state index contributed by atoms with van der Waals surface area (Å²) in [5.74, 6) is 0. The van der Waals surface area contributed by atoms with Crippen LogP contribution in [0, 0.1) is 0 Å². The predicted octanol–water partition coefficient (Wildman–Crippen LogP) is 3.44. The monoisotopic (exact) mass is 349 g/mol. The summed E-state index contributed by atoms with van der Waals surface area (Å²) in [5, 5.41) is 11.1. The van der Waals surface area contributed by atoms with Crippen LogP contribution in [0.15, 0.2) is 30.5 Å². The molecule has 1 aliphatic heterocycles. The van der Waals surface area contributed by atoms with E-state index in [2.05, 4.69) is 4.98 Å². The highest BCUT2D eigenvalue weighted by Crippen LogP contribution is 2.31. The zero-order valence-electron chi connectivity index (χ0n) is 13.9. The maximum Gasteiger partial charge on any atom is 0.409 e. The summed E-state index contributed by atoms with van der Waals surface area (Å²) in [4.78, 5) is 19.4. The van der Waals surface area contributed by atoms with Crippen LogP contribution in [0.5, 0.6) is 0 Å². The van der Waals surface area contributed by atoms with Gasteiger partial charge in [-0.3, -0.25) is 9.88 Å². The second kappa shape index (κ2) is 6.11. The maximum atomic E-state index is 11.6. The van der Waals surface area contributed by atoms with Crippen molar-refractivity contribution in [2.75, 3.05) is 25.1 Å². The molecule has 0 radical (unpaired) electrons. The molecule has 2 heterocycles. The van der Waals surface area contributed by atoms with Gasteiger partial charge < -0.3 is 14.7 Å². The molecule has 6 nitrogen and oxygen atoms in total. The van der Waals surface area contributed by atoms with Crippen LogP contribution in [0.2, 0.25) is 5.02 Å². The van der Waals surface area contributed by atoms with Gasteiger partial charge in [0.15, 0.2) is 0 Å². The van der Waals surface area contributed by atoms with E-state index in [0.717, 1.165) is 16.6 Å². The molecule has 1 unspecified atom stereocenters. The lowest BCUT2D eigenvalue weighted by atomic mass is 10.1. The van der Waals surface area contributed by atoms with Gasteiger partial charge in [0, 0.05) is 35.9 Å². The molecule has 0 saturated carbocycles. The number of anilines is 1. The van der Waals surface area contributed by atoms with Gasteiger partial charge in [0.1, 0.15) is 5.72 Å². The zero-order valence-corrected chi connectivity index (χ0v) is 14.6. The van der Waals surface area contributed by atoms with Crippen LogP contribution in [-0.4, -0.2) is 53.0 Å². The molecular weight excluding hydrogens is 330 g/mol. The summed E-state index contributed by atoms with van der Waals surface area (Å²) in [5.41, 5.74) is 0.974. The van der Waals surface area contributed by atoms with Gasteiger partial charge in [0.2, 0.25) is 0 Å². The quantitative estimate of drug-likeness (QED) is 0.919. The minimum absolute atomic E-state index is 0.238. The first-order valence-electron chi connectivity index (χ1n) is 7.71. The fourth-order valence-corrected chi connectivity index (χ4v) is 3.42. The van der Waals surface area contributed by atoms with Gasteiger partial charge in [-0.05, 0) is 38.1 Å². The number of benzene rings is 1. The van der Waals surface area contributed by atoms with E-state index in [1.54, 1.807) is 20.0 Å². The number of rotatable bonds is 3. The molecule has 0 spiro atoms. The van der Waals surface area contributed by atoms with Gasteiger partial charge in [-0.1, -0.05) is 11.6 Å². The second-order valence-electron chi connectivity index (χ2n) is 6.44. The van der Waals surface area contributed by atoms with E-state index in [9.17, 15) is 9.90 Å². The van der Waals surface area contributed by atoms with Crippen LogP contribution in [0.3, 0.4) is 0 Å². The van der Waals surface area contributed by atoms with E-state index in [0.29, 0.717) is 18.2 Å². The predicted molar refractivity (Wildman–Crippen MR) is 93.7 cm³/mol. The number of amides is 1. The van der Waals surface area contributed by atoms with Crippen LogP contribution in [0.25, 0.3) is 10.9 Å². The van der Waals surface area contributed by atoms with Gasteiger partial charge in [-0.15, -0.1) is 0 Å². The number of aromatic nitrogens is 1. The van der Waals surface area contributed by atoms with Crippen molar-refractivity contribution in [2.24, 2.45) is 0 Å². The molecule has 1 fully saturated rings. The van der Waals surface area contributed by atoms with Crippen molar-refractivity contribution in [3.8, 4) is 0 Å². The molecule has 0 aliphatic carbocycles. The summed E-state index contributed by atoms with van der Waals surface area (Å²) < 4.78 is 5.66. The molecule has 1 aromatic carbocycles. The minimum Gasteiger partial charge on any atom is -0.465 e. The largest absolute Gasteiger partial charge is 0.465 e. The van der Waals surface area contributed by atoms with Gasteiger partial charge in [0.25, 0.3) is 0 Å². The van der Waals surface area contributed by atoms with Crippen LogP contribution >= 0.6 is 11.6 Å². The third kappa shape index (κ3) is 2.99. The lowest BCUT2D eigenvalue weighted by Crippen LogP contribution is -2.50. The van der Waals surface area contributed by atoms with Crippen molar-refractivity contribution >= 4 is 34.3 Å². The molecule has 1 aromatic heterocycles. The Labute approximate surface area is 145 Å². The molecule has 24 heavy (non-hydrogen) atoms. The van der Waals surface area contributed by atoms with E-state index in [1.807, 2.05) is 36.2 Å². The van der Waals surface area contributed by atoms with Crippen LogP contribution in [-0.2, 0) is 4.74 Å². The fourth-order valence-electron chi connectivity index (χ4n) is 3.26. The van der Waals surface area contributed by atoms with E-state index >= 15 is 0 Å². The fraction of sp³-hybridized carbons (Fsp3) is 0.412. The lowest BCUT2D eigenvalue weighted by molar-refractivity contribution is -0.0417. The smallest absolute Gasteiger partial charge is 0.409 e. The van der Waals surface area contributed by atoms with Crippen molar-refractivity contribution in [1.29, 1.82) is 0 Å². The van der Waals surface area contributed by atoms with E-state index in [1.165, 1.54) is 4.90 Å². The number of pyridine rings is 1. The summed E-state index contributed by atoms with van der Waals surface area (Å²) in [7, 11) is 1.94. The van der Waals surface area contributed by atoms with E-state index in [4.69, 9.17) is 16.3 Å². The summed E-state index contributed by atoms with van der Waals surface area (Å²) >= 11 is 6.03. The third-order valence-corrected chi connectivity index (χ3v) is 4.59. The Morgan fingerprint density at radius 2 is 2.25 bits per heavy atom. The molecule has 2 aromatic rings. The zero-order chi connectivity index (χ0) is 17.5. The third-order valence-electron chi connectivity index (χ3n) is 4.36. The minimum atomic E-state index is -0.970. The second-order valence-corrected chi connectivity index (χ2v) is 6.87. The molecular formula is C17H20ClN3O3. The highest BCUT2D eigenvalue weighted by Gasteiger charge is 2.44. The number of carboxylic acid groups (broad SMARTS) is 1. The summed E-state index contributed by atoms with van der Waals surface area (Å²) in [6.45, 7) is 4.44. The van der Waals surface area contributed by atoms with Crippen molar-refractivity contribution in [1.82, 2.24) is 9.88 Å². The first kappa shape index (κ1) is 16.8. The van der Waals surface area contributed by atoms with Crippen molar-refractivity contribution in [3.63, 3.8) is 0 Å². The Morgan fingerprint density at radius 1 is 1.50 bits per heavy atom. The highest BCUT2D eigenvalue weighted by molar-refractivity contribution is 6.31. The lowest BCUT2D eigenvalue weighted by Gasteiger charge is -2.33. The van der Waals surface area contributed by atoms with E-state index < -0.39 is 11.8 Å². The van der Waals surface area contributed by atoms with Crippen LogP contribution in [0.4, 0.5) is 10.5 Å². The first-order valence-corrected chi connectivity index (χ1v) is 8.09. The molecule has 0 bridgehead atoms. The standard InChI is InChI=1S/C17H20ClN3O3/c1-17(2)21(16(22)23)12(10-24-17)9-20(3)15-6-7-19-14-8-11(18)4-5-13(14)15/h4-8,12H,9-10H2,1-3H3,(H,22,23). The Kier molecular flexibility index (Phi) is 4.27. The Bertz CT molecular complexity index is 781. The SMILES string of the molecule is CN(CC1COC(C)(C)N1C(=O)O)c1ccnc2cc(Cl)ccc12. The normalized spacial score (nSPS) is 19.7. The molecule has 3 rings (SSSR count). The van der Waals surface area contributed by atoms with Crippen molar-refractivity contribution < 1.29 is 14.6 Å². The molecule has 7 heteroatoms. The van der Waals surface area contributed by atoms with Gasteiger partial charge >= 0.3 is 6.09 Å². The van der Waals surface area contributed by atoms with Gasteiger partial charge in [-0.25, -0.2) is 4.79 Å². The number of carbonyl (C=O) groups is 1. The molecule has 128 valence electrons. The maximum absolute atomic E-state index is 11.6. The number of hydrogen-bond donors (Lipinski definition) is 1. The molecule has 1 aliphatic rings. The number of nitrogens with zero attached hydrogens (tertiary/aromatic N) is 3. The number of halogens is 1. The topological polar surface area (TPSA) is 65.9 Å².